The zero-order chi connectivity index (χ0) is 26.7. The first kappa shape index (κ1) is 25.8. The molecule has 4 aliphatic carbocycles. The Bertz CT molecular complexity index is 1070. The normalized spacial score (nSPS) is 57.5. The zero-order valence-electron chi connectivity index (χ0n) is 22.1. The van der Waals surface area contributed by atoms with Crippen molar-refractivity contribution < 1.29 is 44.2 Å². The second kappa shape index (κ2) is 8.42. The molecule has 9 nitrogen and oxygen atoms in total. The van der Waals surface area contributed by atoms with Gasteiger partial charge in [-0.15, -0.1) is 0 Å². The minimum absolute atomic E-state index is 0.0296. The van der Waals surface area contributed by atoms with E-state index in [9.17, 15) is 25.2 Å². The SMILES string of the molecule is C[C@H]1C[C@@H](O)[C@]2(O)O[C@@H]3C[C@@]4(C=O)[C@@H](CC=C5[C@@H]4CC[C@]4(C)[C@@H](C6=C[C@H](O)OC6)CC[C@]54O)C[C@H]3O[C@@H]2O1. The van der Waals surface area contributed by atoms with Gasteiger partial charge in [0.25, 0.3) is 0 Å². The Morgan fingerprint density at radius 3 is 2.58 bits per heavy atom. The van der Waals surface area contributed by atoms with Crippen LogP contribution in [-0.4, -0.2) is 81.7 Å². The molecule has 9 heteroatoms. The van der Waals surface area contributed by atoms with Gasteiger partial charge in [0, 0.05) is 17.3 Å². The number of aliphatic hydroxyl groups is 4. The van der Waals surface area contributed by atoms with Crippen molar-refractivity contribution in [1.29, 1.82) is 0 Å². The van der Waals surface area contributed by atoms with Crippen molar-refractivity contribution in [1.82, 2.24) is 0 Å². The number of aldehydes is 1. The topological polar surface area (TPSA) is 135 Å². The summed E-state index contributed by atoms with van der Waals surface area (Å²) in [5.41, 5.74) is -0.155. The molecule has 5 fully saturated rings. The van der Waals surface area contributed by atoms with Crippen molar-refractivity contribution >= 4 is 6.29 Å². The minimum atomic E-state index is -1.97. The highest BCUT2D eigenvalue weighted by molar-refractivity contribution is 5.64. The van der Waals surface area contributed by atoms with Crippen LogP contribution in [-0.2, 0) is 23.7 Å². The lowest BCUT2D eigenvalue weighted by Gasteiger charge is -2.62. The molecule has 0 aromatic rings. The average Bonchev–Trinajstić information content (AvgIpc) is 3.42. The summed E-state index contributed by atoms with van der Waals surface area (Å²) in [7, 11) is 0. The lowest BCUT2D eigenvalue weighted by molar-refractivity contribution is -0.456. The molecule has 0 aromatic carbocycles. The van der Waals surface area contributed by atoms with Crippen molar-refractivity contribution in [2.45, 2.75) is 114 Å². The van der Waals surface area contributed by atoms with Gasteiger partial charge in [0.1, 0.15) is 12.4 Å². The Labute approximate surface area is 222 Å². The number of allylic oxidation sites excluding steroid dienone is 1. The van der Waals surface area contributed by atoms with Gasteiger partial charge < -0.3 is 44.2 Å². The maximum absolute atomic E-state index is 13.1. The van der Waals surface area contributed by atoms with Crippen LogP contribution in [0.15, 0.2) is 23.3 Å². The Kier molecular flexibility index (Phi) is 5.71. The maximum atomic E-state index is 13.1. The monoisotopic (exact) mass is 532 g/mol. The number of hydrogen-bond acceptors (Lipinski definition) is 9. The van der Waals surface area contributed by atoms with Crippen molar-refractivity contribution in [3.8, 4) is 0 Å². The van der Waals surface area contributed by atoms with E-state index in [0.717, 1.165) is 36.7 Å². The number of carbonyl (C=O) groups excluding carboxylic acids is 1. The molecular weight excluding hydrogens is 492 g/mol. The summed E-state index contributed by atoms with van der Waals surface area (Å²) >= 11 is 0. The largest absolute Gasteiger partial charge is 0.387 e. The summed E-state index contributed by atoms with van der Waals surface area (Å²) in [4.78, 5) is 13.1. The van der Waals surface area contributed by atoms with E-state index >= 15 is 0 Å². The predicted octanol–water partition coefficient (Wildman–Crippen LogP) is 1.71. The van der Waals surface area contributed by atoms with Crippen molar-refractivity contribution in [3.05, 3.63) is 23.3 Å². The van der Waals surface area contributed by atoms with Crippen LogP contribution in [0.5, 0.6) is 0 Å². The van der Waals surface area contributed by atoms with Gasteiger partial charge >= 0.3 is 0 Å². The van der Waals surface area contributed by atoms with Crippen LogP contribution in [0.4, 0.5) is 0 Å². The maximum Gasteiger partial charge on any atom is 0.245 e. The summed E-state index contributed by atoms with van der Waals surface area (Å²) in [6, 6.07) is 0. The molecule has 13 atom stereocenters. The van der Waals surface area contributed by atoms with E-state index in [0.29, 0.717) is 32.3 Å². The van der Waals surface area contributed by atoms with E-state index in [1.54, 1.807) is 6.08 Å². The van der Waals surface area contributed by atoms with E-state index in [2.05, 4.69) is 13.0 Å². The number of hydrogen-bond donors (Lipinski definition) is 4. The number of rotatable bonds is 2. The Morgan fingerprint density at radius 2 is 1.84 bits per heavy atom. The quantitative estimate of drug-likeness (QED) is 0.310. The third-order valence-corrected chi connectivity index (χ3v) is 11.6. The van der Waals surface area contributed by atoms with Crippen LogP contribution in [0.2, 0.25) is 0 Å². The second-order valence-electron chi connectivity index (χ2n) is 13.3. The number of ether oxygens (including phenoxy) is 4. The van der Waals surface area contributed by atoms with Gasteiger partial charge in [0.05, 0.1) is 30.5 Å². The van der Waals surface area contributed by atoms with E-state index in [1.807, 2.05) is 6.92 Å². The molecule has 0 unspecified atom stereocenters. The van der Waals surface area contributed by atoms with Crippen molar-refractivity contribution in [2.24, 2.45) is 28.6 Å². The molecular formula is C29H40O9. The van der Waals surface area contributed by atoms with Gasteiger partial charge in [-0.05, 0) is 86.8 Å². The fourth-order valence-electron chi connectivity index (χ4n) is 9.60. The highest BCUT2D eigenvalue weighted by Crippen LogP contribution is 2.68. The fraction of sp³-hybridized carbons (Fsp3) is 0.828. The highest BCUT2D eigenvalue weighted by atomic mass is 16.8. The third-order valence-electron chi connectivity index (χ3n) is 11.6. The average molecular weight is 533 g/mol. The first-order chi connectivity index (χ1) is 18.0. The predicted molar refractivity (Wildman–Crippen MR) is 132 cm³/mol. The van der Waals surface area contributed by atoms with E-state index in [4.69, 9.17) is 18.9 Å². The Balaban J connectivity index is 1.20. The molecule has 0 bridgehead atoms. The molecule has 3 heterocycles. The number of carbonyl (C=O) groups is 1. The minimum Gasteiger partial charge on any atom is -0.387 e. The van der Waals surface area contributed by atoms with Gasteiger partial charge in [-0.1, -0.05) is 13.0 Å². The molecule has 0 aromatic heterocycles. The molecule has 7 aliphatic rings. The zero-order valence-corrected chi connectivity index (χ0v) is 22.1. The fourth-order valence-corrected chi connectivity index (χ4v) is 9.60. The van der Waals surface area contributed by atoms with Gasteiger partial charge in [-0.25, -0.2) is 0 Å². The molecule has 4 N–H and O–H groups in total. The van der Waals surface area contributed by atoms with Gasteiger partial charge in [0.2, 0.25) is 12.1 Å². The third kappa shape index (κ3) is 3.25. The number of aliphatic hydroxyl groups excluding tert-OH is 2. The molecule has 3 aliphatic heterocycles. The van der Waals surface area contributed by atoms with E-state index < -0.39 is 47.0 Å². The molecule has 2 saturated heterocycles. The molecule has 0 amide bonds. The van der Waals surface area contributed by atoms with E-state index in [-0.39, 0.29) is 36.4 Å². The lowest BCUT2D eigenvalue weighted by atomic mass is 9.46. The first-order valence-corrected chi connectivity index (χ1v) is 14.3. The van der Waals surface area contributed by atoms with Crippen LogP contribution in [0.1, 0.15) is 65.2 Å². The standard InChI is InChI=1S/C29H40O9/c1-15-9-23(31)29(34)25(36-15)37-21-11-17-3-4-20-19(27(17,14-30)12-22(21)38-29)5-7-26(2)18(6-8-28(20,26)33)16-10-24(32)35-13-16/h4,10,14-15,17-19,21-25,31-34H,3,5-9,11-13H2,1-2H3/t15-,17-,18+,19-,21+,22+,23+,24+,25-,26+,27+,28-,29-/m0/s1. The van der Waals surface area contributed by atoms with Crippen LogP contribution >= 0.6 is 0 Å². The number of fused-ring (bicyclic) bond motifs is 7. The molecule has 3 saturated carbocycles. The summed E-state index contributed by atoms with van der Waals surface area (Å²) in [5, 5.41) is 44.3. The van der Waals surface area contributed by atoms with Crippen molar-refractivity contribution in [3.63, 3.8) is 0 Å². The smallest absolute Gasteiger partial charge is 0.245 e. The summed E-state index contributed by atoms with van der Waals surface area (Å²) in [6.45, 7) is 4.37. The van der Waals surface area contributed by atoms with E-state index in [1.165, 1.54) is 0 Å². The van der Waals surface area contributed by atoms with Crippen LogP contribution < -0.4 is 0 Å². The summed E-state index contributed by atoms with van der Waals surface area (Å²) in [5.74, 6) is -1.95. The Morgan fingerprint density at radius 1 is 1.05 bits per heavy atom. The Hall–Kier alpha value is -1.17. The van der Waals surface area contributed by atoms with Crippen LogP contribution in [0.25, 0.3) is 0 Å². The van der Waals surface area contributed by atoms with Crippen LogP contribution in [0.3, 0.4) is 0 Å². The summed E-state index contributed by atoms with van der Waals surface area (Å²) in [6.07, 6.45) is 5.57. The lowest BCUT2D eigenvalue weighted by Crippen LogP contribution is -2.70. The first-order valence-electron chi connectivity index (χ1n) is 14.3. The highest BCUT2D eigenvalue weighted by Gasteiger charge is 2.68. The van der Waals surface area contributed by atoms with Crippen LogP contribution in [0, 0.1) is 28.6 Å². The second-order valence-corrected chi connectivity index (χ2v) is 13.3. The summed E-state index contributed by atoms with van der Waals surface area (Å²) < 4.78 is 23.6. The van der Waals surface area contributed by atoms with Gasteiger partial charge in [0.15, 0.2) is 6.29 Å². The molecule has 38 heavy (non-hydrogen) atoms. The van der Waals surface area contributed by atoms with Crippen molar-refractivity contribution in [2.75, 3.05) is 6.61 Å². The molecule has 0 spiro atoms. The molecule has 210 valence electrons. The van der Waals surface area contributed by atoms with Gasteiger partial charge in [-0.2, -0.15) is 0 Å². The molecule has 7 rings (SSSR count). The molecule has 0 radical (unpaired) electrons. The van der Waals surface area contributed by atoms with Gasteiger partial charge in [-0.3, -0.25) is 0 Å².